The number of ether oxygens (including phenoxy) is 1. The van der Waals surface area contributed by atoms with Gasteiger partial charge in [-0.1, -0.05) is 12.1 Å². The van der Waals surface area contributed by atoms with Crippen LogP contribution in [-0.2, 0) is 0 Å². The predicted molar refractivity (Wildman–Crippen MR) is 126 cm³/mol. The van der Waals surface area contributed by atoms with Gasteiger partial charge < -0.3 is 25.1 Å². The number of carbonyl (C=O) groups is 1. The van der Waals surface area contributed by atoms with E-state index >= 15 is 0 Å². The van der Waals surface area contributed by atoms with Crippen molar-refractivity contribution in [2.75, 3.05) is 26.2 Å². The van der Waals surface area contributed by atoms with Crippen LogP contribution in [-0.4, -0.2) is 44.1 Å². The van der Waals surface area contributed by atoms with E-state index in [9.17, 15) is 9.18 Å². The van der Waals surface area contributed by atoms with Crippen molar-refractivity contribution in [1.82, 2.24) is 16.0 Å². The Balaban J connectivity index is 0.00000450. The van der Waals surface area contributed by atoms with Gasteiger partial charge in [0, 0.05) is 25.2 Å². The second-order valence-corrected chi connectivity index (χ2v) is 6.55. The molecule has 0 aliphatic carbocycles. The molecule has 0 aliphatic rings. The van der Waals surface area contributed by atoms with Crippen molar-refractivity contribution in [3.63, 3.8) is 0 Å². The zero-order chi connectivity index (χ0) is 21.1. The van der Waals surface area contributed by atoms with Crippen molar-refractivity contribution in [2.45, 2.75) is 33.3 Å². The number of hydrogen-bond donors (Lipinski definition) is 3. The molecule has 0 fully saturated rings. The Hall–Kier alpha value is -2.30. The third-order valence-electron chi connectivity index (χ3n) is 4.02. The fraction of sp³-hybridized carbons (Fsp3) is 0.429. The number of nitrogens with zero attached hydrogens (tertiary/aromatic N) is 1. The third-order valence-corrected chi connectivity index (χ3v) is 4.02. The van der Waals surface area contributed by atoms with Crippen molar-refractivity contribution in [1.29, 1.82) is 0 Å². The summed E-state index contributed by atoms with van der Waals surface area (Å²) in [6.07, 6.45) is 1.94. The van der Waals surface area contributed by atoms with Crippen LogP contribution >= 0.6 is 24.0 Å². The van der Waals surface area contributed by atoms with E-state index in [-0.39, 0.29) is 47.6 Å². The van der Waals surface area contributed by atoms with E-state index in [1.165, 1.54) is 12.3 Å². The molecule has 2 aromatic rings. The van der Waals surface area contributed by atoms with Gasteiger partial charge in [0.2, 0.25) is 0 Å². The lowest BCUT2D eigenvalue weighted by Crippen LogP contribution is -2.39. The molecule has 7 nitrogen and oxygen atoms in total. The standard InChI is InChI=1S/C21H29FN4O3.HI/c1-4-23-21(26-14-16(3)29-18-9-6-5-8-17(18)22)25-12-7-11-24-20(27)19-15(2)10-13-28-19;/h5-6,8-10,13,16H,4,7,11-12,14H2,1-3H3,(H,24,27)(H2,23,25,26);1H. The van der Waals surface area contributed by atoms with Gasteiger partial charge in [-0.15, -0.1) is 24.0 Å². The molecule has 0 saturated carbocycles. The molecule has 0 aliphatic heterocycles. The lowest BCUT2D eigenvalue weighted by atomic mass is 10.2. The van der Waals surface area contributed by atoms with Gasteiger partial charge in [0.05, 0.1) is 12.8 Å². The highest BCUT2D eigenvalue weighted by Crippen LogP contribution is 2.17. The number of amides is 1. The topological polar surface area (TPSA) is 87.9 Å². The molecule has 0 saturated heterocycles. The summed E-state index contributed by atoms with van der Waals surface area (Å²) in [4.78, 5) is 16.4. The maximum absolute atomic E-state index is 13.7. The summed E-state index contributed by atoms with van der Waals surface area (Å²) in [5.41, 5.74) is 0.814. The van der Waals surface area contributed by atoms with E-state index < -0.39 is 0 Å². The summed E-state index contributed by atoms with van der Waals surface area (Å²) in [5.74, 6) is 0.601. The molecular weight excluding hydrogens is 502 g/mol. The van der Waals surface area contributed by atoms with Gasteiger partial charge >= 0.3 is 0 Å². The average Bonchev–Trinajstić information content (AvgIpc) is 3.13. The summed E-state index contributed by atoms with van der Waals surface area (Å²) in [7, 11) is 0. The maximum Gasteiger partial charge on any atom is 0.287 e. The normalized spacial score (nSPS) is 11.9. The van der Waals surface area contributed by atoms with Crippen molar-refractivity contribution in [3.8, 4) is 5.75 Å². The van der Waals surface area contributed by atoms with Crippen molar-refractivity contribution < 1.29 is 18.3 Å². The van der Waals surface area contributed by atoms with Crippen LogP contribution in [0.2, 0.25) is 0 Å². The Morgan fingerprint density at radius 1 is 1.20 bits per heavy atom. The first-order valence-electron chi connectivity index (χ1n) is 9.77. The predicted octanol–water partition coefficient (Wildman–Crippen LogP) is 3.49. The van der Waals surface area contributed by atoms with Gasteiger partial charge in [0.25, 0.3) is 5.91 Å². The van der Waals surface area contributed by atoms with E-state index in [0.717, 1.165) is 12.0 Å². The third kappa shape index (κ3) is 8.60. The van der Waals surface area contributed by atoms with E-state index in [0.29, 0.717) is 37.9 Å². The van der Waals surface area contributed by atoms with Crippen LogP contribution in [0, 0.1) is 12.7 Å². The number of halogens is 2. The molecule has 1 aromatic heterocycles. The number of rotatable bonds is 10. The molecule has 1 heterocycles. The van der Waals surface area contributed by atoms with E-state index in [1.807, 2.05) is 20.8 Å². The molecule has 0 bridgehead atoms. The molecule has 1 aromatic carbocycles. The lowest BCUT2D eigenvalue weighted by molar-refractivity contribution is 0.0925. The van der Waals surface area contributed by atoms with Crippen LogP contribution in [0.3, 0.4) is 0 Å². The smallest absolute Gasteiger partial charge is 0.287 e. The fourth-order valence-electron chi connectivity index (χ4n) is 2.54. The van der Waals surface area contributed by atoms with Gasteiger partial charge in [0.1, 0.15) is 6.10 Å². The van der Waals surface area contributed by atoms with Crippen molar-refractivity contribution in [3.05, 3.63) is 53.7 Å². The van der Waals surface area contributed by atoms with E-state index in [4.69, 9.17) is 9.15 Å². The van der Waals surface area contributed by atoms with Gasteiger partial charge in [-0.05, 0) is 45.4 Å². The Labute approximate surface area is 193 Å². The Kier molecular flexibility index (Phi) is 11.9. The van der Waals surface area contributed by atoms with E-state index in [2.05, 4.69) is 20.9 Å². The van der Waals surface area contributed by atoms with Gasteiger partial charge in [-0.2, -0.15) is 0 Å². The van der Waals surface area contributed by atoms with Gasteiger partial charge in [0.15, 0.2) is 23.3 Å². The van der Waals surface area contributed by atoms with Crippen LogP contribution in [0.15, 0.2) is 46.0 Å². The highest BCUT2D eigenvalue weighted by molar-refractivity contribution is 14.0. The number of carbonyl (C=O) groups excluding carboxylic acids is 1. The molecule has 2 rings (SSSR count). The molecule has 30 heavy (non-hydrogen) atoms. The average molecular weight is 532 g/mol. The summed E-state index contributed by atoms with van der Waals surface area (Å²) in [6, 6.07) is 8.06. The van der Waals surface area contributed by atoms with Crippen molar-refractivity contribution >= 4 is 35.8 Å². The molecular formula is C21H30FIN4O3. The van der Waals surface area contributed by atoms with Crippen LogP contribution in [0.25, 0.3) is 0 Å². The quantitative estimate of drug-likeness (QED) is 0.189. The zero-order valence-electron chi connectivity index (χ0n) is 17.5. The minimum Gasteiger partial charge on any atom is -0.486 e. The Bertz CT molecular complexity index is 813. The van der Waals surface area contributed by atoms with Gasteiger partial charge in [-0.25, -0.2) is 9.38 Å². The number of nitrogens with one attached hydrogen (secondary N) is 3. The summed E-state index contributed by atoms with van der Waals surface area (Å²) in [6.45, 7) is 7.87. The zero-order valence-corrected chi connectivity index (χ0v) is 19.9. The first kappa shape index (κ1) is 25.7. The summed E-state index contributed by atoms with van der Waals surface area (Å²) in [5, 5.41) is 9.18. The first-order chi connectivity index (χ1) is 14.0. The summed E-state index contributed by atoms with van der Waals surface area (Å²) < 4.78 is 24.4. The number of furan rings is 1. The van der Waals surface area contributed by atoms with Crippen LogP contribution in [0.5, 0.6) is 5.75 Å². The van der Waals surface area contributed by atoms with E-state index in [1.54, 1.807) is 24.3 Å². The van der Waals surface area contributed by atoms with Crippen LogP contribution < -0.4 is 20.7 Å². The van der Waals surface area contributed by atoms with Gasteiger partial charge in [-0.3, -0.25) is 4.79 Å². The molecule has 9 heteroatoms. The molecule has 0 spiro atoms. The number of aryl methyl sites for hydroxylation is 1. The molecule has 0 radical (unpaired) electrons. The van der Waals surface area contributed by atoms with Crippen LogP contribution in [0.1, 0.15) is 36.4 Å². The highest BCUT2D eigenvalue weighted by Gasteiger charge is 2.11. The molecule has 3 N–H and O–H groups in total. The number of hydrogen-bond acceptors (Lipinski definition) is 4. The number of aliphatic imine (C=N–C) groups is 1. The monoisotopic (exact) mass is 532 g/mol. The largest absolute Gasteiger partial charge is 0.486 e. The summed E-state index contributed by atoms with van der Waals surface area (Å²) >= 11 is 0. The minimum absolute atomic E-state index is 0. The Morgan fingerprint density at radius 2 is 1.93 bits per heavy atom. The Morgan fingerprint density at radius 3 is 2.60 bits per heavy atom. The van der Waals surface area contributed by atoms with Crippen LogP contribution in [0.4, 0.5) is 4.39 Å². The molecule has 1 amide bonds. The van der Waals surface area contributed by atoms with Crippen molar-refractivity contribution in [2.24, 2.45) is 4.99 Å². The second kappa shape index (κ2) is 13.8. The SMILES string of the molecule is CCNC(=NCC(C)Oc1ccccc1F)NCCCNC(=O)c1occc1C.I. The molecule has 1 unspecified atom stereocenters. The molecule has 166 valence electrons. The first-order valence-corrected chi connectivity index (χ1v) is 9.77. The lowest BCUT2D eigenvalue weighted by Gasteiger charge is -2.15. The highest BCUT2D eigenvalue weighted by atomic mass is 127. The number of benzene rings is 1. The second-order valence-electron chi connectivity index (χ2n) is 6.55. The number of guanidine groups is 1. The number of para-hydroxylation sites is 1. The maximum atomic E-state index is 13.7. The minimum atomic E-state index is -0.389. The molecule has 1 atom stereocenters. The fourth-order valence-corrected chi connectivity index (χ4v) is 2.54.